The van der Waals surface area contributed by atoms with Gasteiger partial charge in [-0.3, -0.25) is 9.78 Å². The molecule has 0 bridgehead atoms. The summed E-state index contributed by atoms with van der Waals surface area (Å²) in [6, 6.07) is 7.23. The average molecular weight is 403 g/mol. The van der Waals surface area contributed by atoms with Crippen molar-refractivity contribution in [1.29, 1.82) is 5.26 Å². The van der Waals surface area contributed by atoms with E-state index in [9.17, 15) is 23.2 Å². The van der Waals surface area contributed by atoms with E-state index in [1.165, 1.54) is 11.9 Å². The molecule has 0 fully saturated rings. The van der Waals surface area contributed by atoms with Crippen molar-refractivity contribution in [2.75, 3.05) is 7.05 Å². The molecule has 26 heavy (non-hydrogen) atoms. The first kappa shape index (κ1) is 19.9. The van der Waals surface area contributed by atoms with Crippen LogP contribution in [0, 0.1) is 11.3 Å². The van der Waals surface area contributed by atoms with Crippen LogP contribution >= 0.6 is 23.2 Å². The Hall–Kier alpha value is -2.37. The predicted molar refractivity (Wildman–Crippen MR) is 88.3 cm³/mol. The second-order valence-corrected chi connectivity index (χ2v) is 6.09. The molecule has 1 atom stereocenters. The van der Waals surface area contributed by atoms with Crippen molar-refractivity contribution >= 4 is 29.1 Å². The third-order valence-electron chi connectivity index (χ3n) is 3.39. The molecular weight excluding hydrogens is 392 g/mol. The number of nitriles is 1. The summed E-state index contributed by atoms with van der Waals surface area (Å²) in [6.07, 6.45) is -4.09. The normalized spacial score (nSPS) is 12.3. The third kappa shape index (κ3) is 4.62. The monoisotopic (exact) mass is 402 g/mol. The summed E-state index contributed by atoms with van der Waals surface area (Å²) in [4.78, 5) is 21.3. The van der Waals surface area contributed by atoms with E-state index in [1.54, 1.807) is 24.3 Å². The van der Waals surface area contributed by atoms with Crippen molar-refractivity contribution in [3.63, 3.8) is 0 Å². The van der Waals surface area contributed by atoms with Crippen LogP contribution in [0.5, 0.6) is 0 Å². The Balaban J connectivity index is 2.24. The summed E-state index contributed by atoms with van der Waals surface area (Å²) in [5.41, 5.74) is -0.818. The lowest BCUT2D eigenvalue weighted by Crippen LogP contribution is -2.31. The Kier molecular flexibility index (Phi) is 6.05. The molecule has 1 unspecified atom stereocenters. The fourth-order valence-electron chi connectivity index (χ4n) is 2.13. The van der Waals surface area contributed by atoms with Crippen LogP contribution in [-0.2, 0) is 17.5 Å². The molecule has 0 aliphatic carbocycles. The molecule has 2 heterocycles. The highest BCUT2D eigenvalue weighted by atomic mass is 35.5. The van der Waals surface area contributed by atoms with Crippen LogP contribution < -0.4 is 0 Å². The topological polar surface area (TPSA) is 69.9 Å². The van der Waals surface area contributed by atoms with Gasteiger partial charge in [0.05, 0.1) is 34.6 Å². The SMILES string of the molecule is CN(Cc1cccc(Cl)n1)C(=O)C(C#N)c1ncc(C(F)(F)F)cc1Cl. The van der Waals surface area contributed by atoms with E-state index in [0.717, 1.165) is 0 Å². The van der Waals surface area contributed by atoms with Gasteiger partial charge in [-0.1, -0.05) is 29.3 Å². The van der Waals surface area contributed by atoms with E-state index in [0.29, 0.717) is 18.0 Å². The van der Waals surface area contributed by atoms with Crippen LogP contribution in [0.15, 0.2) is 30.5 Å². The fraction of sp³-hybridized carbons (Fsp3) is 0.250. The van der Waals surface area contributed by atoms with Gasteiger partial charge in [-0.2, -0.15) is 18.4 Å². The number of likely N-dealkylation sites (N-methyl/N-ethyl adjacent to an activating group) is 1. The van der Waals surface area contributed by atoms with Crippen molar-refractivity contribution in [2.45, 2.75) is 18.6 Å². The second-order valence-electron chi connectivity index (χ2n) is 5.30. The Morgan fingerprint density at radius 1 is 1.38 bits per heavy atom. The average Bonchev–Trinajstić information content (AvgIpc) is 2.55. The van der Waals surface area contributed by atoms with Gasteiger partial charge in [-0.25, -0.2) is 4.98 Å². The lowest BCUT2D eigenvalue weighted by molar-refractivity contribution is -0.137. The number of hydrogen-bond donors (Lipinski definition) is 0. The molecule has 2 rings (SSSR count). The molecule has 0 radical (unpaired) electrons. The zero-order chi connectivity index (χ0) is 19.5. The first-order valence-electron chi connectivity index (χ1n) is 7.12. The van der Waals surface area contributed by atoms with Gasteiger partial charge in [0.2, 0.25) is 5.91 Å². The number of amides is 1. The largest absolute Gasteiger partial charge is 0.417 e. The highest BCUT2D eigenvalue weighted by Crippen LogP contribution is 2.33. The molecular formula is C16H11Cl2F3N4O. The minimum atomic E-state index is -4.63. The Labute approximate surface area is 157 Å². The van der Waals surface area contributed by atoms with E-state index in [-0.39, 0.29) is 17.4 Å². The second kappa shape index (κ2) is 7.89. The minimum Gasteiger partial charge on any atom is -0.338 e. The van der Waals surface area contributed by atoms with Crippen molar-refractivity contribution in [3.8, 4) is 6.07 Å². The van der Waals surface area contributed by atoms with E-state index in [1.807, 2.05) is 0 Å². The molecule has 0 spiro atoms. The molecule has 0 saturated carbocycles. The summed E-state index contributed by atoms with van der Waals surface area (Å²) >= 11 is 11.6. The Morgan fingerprint density at radius 3 is 2.62 bits per heavy atom. The zero-order valence-electron chi connectivity index (χ0n) is 13.3. The summed E-state index contributed by atoms with van der Waals surface area (Å²) in [6.45, 7) is 0.0514. The Bertz CT molecular complexity index is 867. The summed E-state index contributed by atoms with van der Waals surface area (Å²) in [5.74, 6) is -2.13. The van der Waals surface area contributed by atoms with E-state index < -0.39 is 28.6 Å². The van der Waals surface area contributed by atoms with Crippen LogP contribution in [0.1, 0.15) is 22.9 Å². The van der Waals surface area contributed by atoms with E-state index in [4.69, 9.17) is 23.2 Å². The number of carbonyl (C=O) groups is 1. The predicted octanol–water partition coefficient (Wildman–Crippen LogP) is 4.07. The van der Waals surface area contributed by atoms with Crippen molar-refractivity contribution < 1.29 is 18.0 Å². The highest BCUT2D eigenvalue weighted by Gasteiger charge is 2.34. The first-order chi connectivity index (χ1) is 12.1. The molecule has 2 aromatic heterocycles. The fourth-order valence-corrected chi connectivity index (χ4v) is 2.59. The van der Waals surface area contributed by atoms with Crippen LogP contribution in [0.3, 0.4) is 0 Å². The van der Waals surface area contributed by atoms with Crippen LogP contribution in [0.2, 0.25) is 10.2 Å². The Morgan fingerprint density at radius 2 is 2.08 bits per heavy atom. The number of nitrogens with zero attached hydrogens (tertiary/aromatic N) is 4. The lowest BCUT2D eigenvalue weighted by atomic mass is 10.0. The maximum Gasteiger partial charge on any atom is 0.417 e. The molecule has 136 valence electrons. The van der Waals surface area contributed by atoms with Gasteiger partial charge in [-0.15, -0.1) is 0 Å². The van der Waals surface area contributed by atoms with Crippen LogP contribution in [0.25, 0.3) is 0 Å². The molecule has 0 N–H and O–H groups in total. The quantitative estimate of drug-likeness (QED) is 0.722. The minimum absolute atomic E-state index is 0.0514. The first-order valence-corrected chi connectivity index (χ1v) is 7.87. The summed E-state index contributed by atoms with van der Waals surface area (Å²) in [5, 5.41) is 9.14. The number of halogens is 5. The van der Waals surface area contributed by atoms with Gasteiger partial charge in [0.1, 0.15) is 5.15 Å². The van der Waals surface area contributed by atoms with Gasteiger partial charge in [0, 0.05) is 13.2 Å². The van der Waals surface area contributed by atoms with Crippen molar-refractivity contribution in [1.82, 2.24) is 14.9 Å². The van der Waals surface area contributed by atoms with Crippen molar-refractivity contribution in [2.24, 2.45) is 0 Å². The molecule has 0 aliphatic heterocycles. The number of carbonyl (C=O) groups excluding carboxylic acids is 1. The third-order valence-corrected chi connectivity index (χ3v) is 3.91. The zero-order valence-corrected chi connectivity index (χ0v) is 14.8. The number of alkyl halides is 3. The lowest BCUT2D eigenvalue weighted by Gasteiger charge is -2.20. The molecule has 0 aliphatic rings. The summed E-state index contributed by atoms with van der Waals surface area (Å²) in [7, 11) is 1.42. The molecule has 0 saturated heterocycles. The molecule has 2 aromatic rings. The molecule has 0 aromatic carbocycles. The number of pyridine rings is 2. The number of rotatable bonds is 4. The van der Waals surface area contributed by atoms with Gasteiger partial charge < -0.3 is 4.90 Å². The van der Waals surface area contributed by atoms with Crippen molar-refractivity contribution in [3.05, 3.63) is 57.6 Å². The summed E-state index contributed by atoms with van der Waals surface area (Å²) < 4.78 is 38.1. The molecule has 1 amide bonds. The van der Waals surface area contributed by atoms with Gasteiger partial charge in [-0.05, 0) is 18.2 Å². The molecule has 5 nitrogen and oxygen atoms in total. The standard InChI is InChI=1S/C16H11Cl2F3N4O/c1-25(8-10-3-2-4-13(18)24-10)15(26)11(6-22)14-12(17)5-9(7-23-14)16(19,20)21/h2-5,7,11H,8H2,1H3. The smallest absolute Gasteiger partial charge is 0.338 e. The van der Waals surface area contributed by atoms with E-state index in [2.05, 4.69) is 9.97 Å². The van der Waals surface area contributed by atoms with Crippen LogP contribution in [0.4, 0.5) is 13.2 Å². The van der Waals surface area contributed by atoms with Gasteiger partial charge >= 0.3 is 6.18 Å². The highest BCUT2D eigenvalue weighted by molar-refractivity contribution is 6.31. The number of aromatic nitrogens is 2. The maximum atomic E-state index is 12.7. The van der Waals surface area contributed by atoms with Gasteiger partial charge in [0.15, 0.2) is 5.92 Å². The van der Waals surface area contributed by atoms with Crippen LogP contribution in [-0.4, -0.2) is 27.8 Å². The van der Waals surface area contributed by atoms with E-state index >= 15 is 0 Å². The molecule has 10 heteroatoms. The van der Waals surface area contributed by atoms with Gasteiger partial charge in [0.25, 0.3) is 0 Å². The number of hydrogen-bond acceptors (Lipinski definition) is 4. The maximum absolute atomic E-state index is 12.7.